The van der Waals surface area contributed by atoms with Crippen LogP contribution < -0.4 is 0 Å². The van der Waals surface area contributed by atoms with Gasteiger partial charge < -0.3 is 0 Å². The SMILES string of the molecule is CC(=O)[C@@H](C)Cc1ccccc1. The van der Waals surface area contributed by atoms with Gasteiger partial charge in [0.25, 0.3) is 0 Å². The fraction of sp³-hybridized carbons (Fsp3) is 0.364. The molecule has 1 rings (SSSR count). The Hall–Kier alpha value is -1.11. The molecule has 0 radical (unpaired) electrons. The Morgan fingerprint density at radius 1 is 1.33 bits per heavy atom. The second-order valence-electron chi connectivity index (χ2n) is 3.20. The summed E-state index contributed by atoms with van der Waals surface area (Å²) < 4.78 is 0. The third-order valence-electron chi connectivity index (χ3n) is 2.08. The third kappa shape index (κ3) is 2.50. The number of Topliss-reactive ketones (excluding diaryl/α,β-unsaturated/α-hetero) is 1. The van der Waals surface area contributed by atoms with Crippen LogP contribution in [-0.4, -0.2) is 5.78 Å². The summed E-state index contributed by atoms with van der Waals surface area (Å²) in [7, 11) is 0. The van der Waals surface area contributed by atoms with Gasteiger partial charge in [-0.05, 0) is 18.9 Å². The zero-order valence-electron chi connectivity index (χ0n) is 7.58. The van der Waals surface area contributed by atoms with Crippen LogP contribution >= 0.6 is 0 Å². The van der Waals surface area contributed by atoms with Gasteiger partial charge in [-0.2, -0.15) is 0 Å². The molecule has 0 bridgehead atoms. The monoisotopic (exact) mass is 162 g/mol. The average molecular weight is 162 g/mol. The van der Waals surface area contributed by atoms with Crippen LogP contribution in [0.15, 0.2) is 30.3 Å². The topological polar surface area (TPSA) is 17.1 Å². The van der Waals surface area contributed by atoms with Crippen LogP contribution in [0.3, 0.4) is 0 Å². The highest BCUT2D eigenvalue weighted by Crippen LogP contribution is 2.08. The highest BCUT2D eigenvalue weighted by atomic mass is 16.1. The summed E-state index contributed by atoms with van der Waals surface area (Å²) in [5.41, 5.74) is 1.24. The fourth-order valence-electron chi connectivity index (χ4n) is 1.11. The second-order valence-corrected chi connectivity index (χ2v) is 3.20. The van der Waals surface area contributed by atoms with Gasteiger partial charge in [-0.25, -0.2) is 0 Å². The molecule has 0 unspecified atom stereocenters. The Kier molecular flexibility index (Phi) is 3.03. The first kappa shape index (κ1) is 8.98. The first-order valence-corrected chi connectivity index (χ1v) is 4.24. The van der Waals surface area contributed by atoms with Crippen molar-refractivity contribution in [2.75, 3.05) is 0 Å². The van der Waals surface area contributed by atoms with Crippen molar-refractivity contribution in [3.05, 3.63) is 35.9 Å². The van der Waals surface area contributed by atoms with Crippen molar-refractivity contribution in [3.8, 4) is 0 Å². The Balaban J connectivity index is 2.58. The maximum absolute atomic E-state index is 10.9. The Labute approximate surface area is 73.4 Å². The lowest BCUT2D eigenvalue weighted by Crippen LogP contribution is -2.09. The molecule has 12 heavy (non-hydrogen) atoms. The molecule has 1 aromatic rings. The van der Waals surface area contributed by atoms with Gasteiger partial charge in [0, 0.05) is 5.92 Å². The van der Waals surface area contributed by atoms with Crippen molar-refractivity contribution >= 4 is 5.78 Å². The summed E-state index contributed by atoms with van der Waals surface area (Å²) in [6.07, 6.45) is 0.857. The number of hydrogen-bond acceptors (Lipinski definition) is 1. The highest BCUT2D eigenvalue weighted by molar-refractivity contribution is 5.78. The number of carbonyl (C=O) groups excluding carboxylic acids is 1. The number of ketones is 1. The molecule has 0 aliphatic heterocycles. The van der Waals surface area contributed by atoms with Crippen LogP contribution in [0, 0.1) is 5.92 Å². The van der Waals surface area contributed by atoms with E-state index in [0.29, 0.717) is 0 Å². The number of hydrogen-bond donors (Lipinski definition) is 0. The molecule has 0 aromatic heterocycles. The lowest BCUT2D eigenvalue weighted by Gasteiger charge is -2.06. The van der Waals surface area contributed by atoms with E-state index >= 15 is 0 Å². The van der Waals surface area contributed by atoms with Gasteiger partial charge in [0.15, 0.2) is 0 Å². The van der Waals surface area contributed by atoms with Crippen molar-refractivity contribution in [1.29, 1.82) is 0 Å². The van der Waals surface area contributed by atoms with E-state index in [1.54, 1.807) is 6.92 Å². The van der Waals surface area contributed by atoms with Gasteiger partial charge in [-0.15, -0.1) is 0 Å². The van der Waals surface area contributed by atoms with E-state index in [9.17, 15) is 4.79 Å². The summed E-state index contributed by atoms with van der Waals surface area (Å²) in [4.78, 5) is 10.9. The zero-order valence-corrected chi connectivity index (χ0v) is 7.58. The molecule has 1 heteroatoms. The summed E-state index contributed by atoms with van der Waals surface area (Å²) >= 11 is 0. The van der Waals surface area contributed by atoms with Crippen LogP contribution in [-0.2, 0) is 11.2 Å². The minimum absolute atomic E-state index is 0.146. The minimum Gasteiger partial charge on any atom is -0.300 e. The van der Waals surface area contributed by atoms with E-state index in [2.05, 4.69) is 12.1 Å². The molecule has 64 valence electrons. The molecule has 1 aromatic carbocycles. The molecule has 0 heterocycles. The summed E-state index contributed by atoms with van der Waals surface area (Å²) in [6.45, 7) is 3.61. The summed E-state index contributed by atoms with van der Waals surface area (Å²) in [5.74, 6) is 0.409. The Morgan fingerprint density at radius 2 is 1.92 bits per heavy atom. The average Bonchev–Trinajstić information content (AvgIpc) is 2.06. The van der Waals surface area contributed by atoms with E-state index in [1.807, 2.05) is 25.1 Å². The molecule has 0 fully saturated rings. The molecule has 0 saturated heterocycles. The van der Waals surface area contributed by atoms with Crippen LogP contribution in [0.2, 0.25) is 0 Å². The Bertz CT molecular complexity index is 251. The van der Waals surface area contributed by atoms with Crippen molar-refractivity contribution in [1.82, 2.24) is 0 Å². The zero-order chi connectivity index (χ0) is 8.97. The minimum atomic E-state index is 0.146. The molecule has 1 nitrogen and oxygen atoms in total. The highest BCUT2D eigenvalue weighted by Gasteiger charge is 2.07. The standard InChI is InChI=1S/C11H14O/c1-9(10(2)12)8-11-6-4-3-5-7-11/h3-7,9H,8H2,1-2H3/t9-/m0/s1. The number of benzene rings is 1. The molecule has 0 amide bonds. The van der Waals surface area contributed by atoms with Crippen LogP contribution in [0.1, 0.15) is 19.4 Å². The quantitative estimate of drug-likeness (QED) is 0.667. The molecule has 0 N–H and O–H groups in total. The van der Waals surface area contributed by atoms with Gasteiger partial charge in [-0.1, -0.05) is 37.3 Å². The van der Waals surface area contributed by atoms with Gasteiger partial charge in [0.05, 0.1) is 0 Å². The summed E-state index contributed by atoms with van der Waals surface area (Å²) in [5, 5.41) is 0. The first-order valence-electron chi connectivity index (χ1n) is 4.24. The summed E-state index contributed by atoms with van der Waals surface area (Å²) in [6, 6.07) is 10.1. The predicted molar refractivity (Wildman–Crippen MR) is 50.0 cm³/mol. The molecule has 1 atom stereocenters. The molecule has 0 aliphatic rings. The van der Waals surface area contributed by atoms with E-state index in [1.165, 1.54) is 5.56 Å². The molecule has 0 saturated carbocycles. The predicted octanol–water partition coefficient (Wildman–Crippen LogP) is 2.45. The van der Waals surface area contributed by atoms with Crippen molar-refractivity contribution < 1.29 is 4.79 Å². The molecular formula is C11H14O. The third-order valence-corrected chi connectivity index (χ3v) is 2.08. The van der Waals surface area contributed by atoms with Crippen LogP contribution in [0.4, 0.5) is 0 Å². The fourth-order valence-corrected chi connectivity index (χ4v) is 1.11. The molecular weight excluding hydrogens is 148 g/mol. The smallest absolute Gasteiger partial charge is 0.132 e. The second kappa shape index (κ2) is 4.05. The normalized spacial score (nSPS) is 12.5. The van der Waals surface area contributed by atoms with Crippen molar-refractivity contribution in [2.45, 2.75) is 20.3 Å². The lowest BCUT2D eigenvalue weighted by atomic mass is 9.98. The van der Waals surface area contributed by atoms with E-state index in [4.69, 9.17) is 0 Å². The van der Waals surface area contributed by atoms with Crippen LogP contribution in [0.25, 0.3) is 0 Å². The lowest BCUT2D eigenvalue weighted by molar-refractivity contribution is -0.120. The maximum Gasteiger partial charge on any atom is 0.132 e. The van der Waals surface area contributed by atoms with E-state index in [0.717, 1.165) is 6.42 Å². The van der Waals surface area contributed by atoms with Gasteiger partial charge in [-0.3, -0.25) is 4.79 Å². The maximum atomic E-state index is 10.9. The van der Waals surface area contributed by atoms with Crippen molar-refractivity contribution in [2.24, 2.45) is 5.92 Å². The van der Waals surface area contributed by atoms with Crippen molar-refractivity contribution in [3.63, 3.8) is 0 Å². The van der Waals surface area contributed by atoms with E-state index < -0.39 is 0 Å². The molecule has 0 aliphatic carbocycles. The Morgan fingerprint density at radius 3 is 2.42 bits per heavy atom. The van der Waals surface area contributed by atoms with Gasteiger partial charge in [0.2, 0.25) is 0 Å². The van der Waals surface area contributed by atoms with E-state index in [-0.39, 0.29) is 11.7 Å². The largest absolute Gasteiger partial charge is 0.300 e. The van der Waals surface area contributed by atoms with Gasteiger partial charge >= 0.3 is 0 Å². The number of rotatable bonds is 3. The molecule has 0 spiro atoms. The number of carbonyl (C=O) groups is 1. The first-order chi connectivity index (χ1) is 5.70. The van der Waals surface area contributed by atoms with Crippen LogP contribution in [0.5, 0.6) is 0 Å². The van der Waals surface area contributed by atoms with Gasteiger partial charge in [0.1, 0.15) is 5.78 Å².